The van der Waals surface area contributed by atoms with Gasteiger partial charge in [0.1, 0.15) is 11.6 Å². The monoisotopic (exact) mass is 355 g/mol. The van der Waals surface area contributed by atoms with Gasteiger partial charge in [-0.1, -0.05) is 72.8 Å². The van der Waals surface area contributed by atoms with Gasteiger partial charge in [-0.15, -0.1) is 0 Å². The van der Waals surface area contributed by atoms with E-state index in [2.05, 4.69) is 23.5 Å². The van der Waals surface area contributed by atoms with Crippen molar-refractivity contribution in [3.05, 3.63) is 114 Å². The molecule has 5 rings (SSSR count). The van der Waals surface area contributed by atoms with Crippen molar-refractivity contribution < 1.29 is 9.13 Å². The first-order valence-electron chi connectivity index (χ1n) is 9.04. The maximum absolute atomic E-state index is 13.5. The Morgan fingerprint density at radius 2 is 1.44 bits per heavy atom. The van der Waals surface area contributed by atoms with Gasteiger partial charge in [0.15, 0.2) is 6.23 Å². The van der Waals surface area contributed by atoms with E-state index in [1.807, 2.05) is 60.7 Å². The number of rotatable bonds is 2. The fourth-order valence-corrected chi connectivity index (χ4v) is 3.78. The van der Waals surface area contributed by atoms with Crippen LogP contribution in [0.25, 0.3) is 10.8 Å². The summed E-state index contributed by atoms with van der Waals surface area (Å²) < 4.78 is 19.8. The molecule has 27 heavy (non-hydrogen) atoms. The molecule has 0 fully saturated rings. The van der Waals surface area contributed by atoms with Crippen LogP contribution in [0.1, 0.15) is 29.0 Å². The summed E-state index contributed by atoms with van der Waals surface area (Å²) in [5, 5.41) is 5.91. The van der Waals surface area contributed by atoms with Crippen LogP contribution < -0.4 is 10.1 Å². The Morgan fingerprint density at radius 3 is 2.26 bits per heavy atom. The normalized spacial score (nSPS) is 18.7. The van der Waals surface area contributed by atoms with Gasteiger partial charge in [0.05, 0.1) is 6.04 Å². The van der Waals surface area contributed by atoms with Crippen molar-refractivity contribution >= 4 is 10.8 Å². The fourth-order valence-electron chi connectivity index (χ4n) is 3.78. The number of hydrogen-bond acceptors (Lipinski definition) is 2. The lowest BCUT2D eigenvalue weighted by Crippen LogP contribution is -2.35. The summed E-state index contributed by atoms with van der Waals surface area (Å²) in [6.07, 6.45) is -0.269. The van der Waals surface area contributed by atoms with Crippen molar-refractivity contribution in [2.75, 3.05) is 0 Å². The Balaban J connectivity index is 1.69. The first-order chi connectivity index (χ1) is 13.3. The quantitative estimate of drug-likeness (QED) is 0.494. The number of hydrogen-bond donors (Lipinski definition) is 1. The smallest absolute Gasteiger partial charge is 0.177 e. The van der Waals surface area contributed by atoms with Gasteiger partial charge in [-0.3, -0.25) is 5.32 Å². The number of nitrogens with one attached hydrogen (secondary N) is 1. The zero-order valence-electron chi connectivity index (χ0n) is 14.6. The summed E-state index contributed by atoms with van der Waals surface area (Å²) in [4.78, 5) is 0. The van der Waals surface area contributed by atoms with Crippen molar-refractivity contribution in [1.29, 1.82) is 0 Å². The van der Waals surface area contributed by atoms with Crippen LogP contribution in [0.3, 0.4) is 0 Å². The highest BCUT2D eigenvalue weighted by molar-refractivity contribution is 5.89. The molecule has 1 aliphatic heterocycles. The molecule has 1 heterocycles. The Labute approximate surface area is 157 Å². The van der Waals surface area contributed by atoms with Crippen molar-refractivity contribution in [2.45, 2.75) is 12.3 Å². The highest BCUT2D eigenvalue weighted by atomic mass is 19.1. The van der Waals surface area contributed by atoms with E-state index in [1.165, 1.54) is 12.1 Å². The van der Waals surface area contributed by atoms with E-state index in [0.29, 0.717) is 0 Å². The Kier molecular flexibility index (Phi) is 3.88. The first kappa shape index (κ1) is 16.0. The van der Waals surface area contributed by atoms with Crippen LogP contribution in [0.2, 0.25) is 0 Å². The lowest BCUT2D eigenvalue weighted by atomic mass is 9.91. The Morgan fingerprint density at radius 1 is 0.704 bits per heavy atom. The molecular weight excluding hydrogens is 337 g/mol. The molecule has 0 saturated carbocycles. The van der Waals surface area contributed by atoms with Crippen LogP contribution in [-0.4, -0.2) is 0 Å². The van der Waals surface area contributed by atoms with Crippen LogP contribution in [0.5, 0.6) is 5.75 Å². The molecule has 4 aromatic carbocycles. The second-order valence-electron chi connectivity index (χ2n) is 6.76. The third-order valence-corrected chi connectivity index (χ3v) is 5.09. The van der Waals surface area contributed by atoms with Crippen LogP contribution in [0.4, 0.5) is 4.39 Å². The van der Waals surface area contributed by atoms with Crippen LogP contribution >= 0.6 is 0 Å². The van der Waals surface area contributed by atoms with Crippen LogP contribution in [0.15, 0.2) is 91.0 Å². The molecule has 1 N–H and O–H groups in total. The molecule has 0 saturated heterocycles. The molecule has 0 bridgehead atoms. The standard InChI is InChI=1S/C24H18FNO/c25-19-13-10-17(11-14-19)23-22-20-9-5-4-6-16(20)12-15-21(22)27-24(26-23)18-7-2-1-3-8-18/h1-15,23-24,26H/t23-,24+/m0/s1. The summed E-state index contributed by atoms with van der Waals surface area (Å²) in [6, 6.07) is 29.1. The molecule has 0 radical (unpaired) electrons. The van der Waals surface area contributed by atoms with Gasteiger partial charge in [-0.2, -0.15) is 0 Å². The molecular formula is C24H18FNO. The van der Waals surface area contributed by atoms with Crippen LogP contribution in [-0.2, 0) is 0 Å². The SMILES string of the molecule is Fc1ccc([C@@H]2N[C@@H](c3ccccc3)Oc3ccc4ccccc4c32)cc1. The average molecular weight is 355 g/mol. The van der Waals surface area contributed by atoms with Gasteiger partial charge in [0.2, 0.25) is 0 Å². The summed E-state index contributed by atoms with van der Waals surface area (Å²) in [6.45, 7) is 0. The summed E-state index contributed by atoms with van der Waals surface area (Å²) in [5.74, 6) is 0.624. The molecule has 0 unspecified atom stereocenters. The highest BCUT2D eigenvalue weighted by Gasteiger charge is 2.31. The topological polar surface area (TPSA) is 21.3 Å². The molecule has 3 heteroatoms. The zero-order valence-corrected chi connectivity index (χ0v) is 14.6. The largest absolute Gasteiger partial charge is 0.471 e. The molecule has 0 aromatic heterocycles. The molecule has 4 aromatic rings. The van der Waals surface area contributed by atoms with E-state index < -0.39 is 0 Å². The van der Waals surface area contributed by atoms with Crippen molar-refractivity contribution in [3.63, 3.8) is 0 Å². The van der Waals surface area contributed by atoms with Gasteiger partial charge < -0.3 is 4.74 Å². The maximum Gasteiger partial charge on any atom is 0.177 e. The predicted molar refractivity (Wildman–Crippen MR) is 105 cm³/mol. The second-order valence-corrected chi connectivity index (χ2v) is 6.76. The van der Waals surface area contributed by atoms with E-state index >= 15 is 0 Å². The number of fused-ring (bicyclic) bond motifs is 3. The minimum absolute atomic E-state index is 0.0920. The molecule has 2 nitrogen and oxygen atoms in total. The van der Waals surface area contributed by atoms with E-state index in [1.54, 1.807) is 0 Å². The van der Waals surface area contributed by atoms with Crippen molar-refractivity contribution in [1.82, 2.24) is 5.32 Å². The van der Waals surface area contributed by atoms with E-state index in [-0.39, 0.29) is 18.1 Å². The van der Waals surface area contributed by atoms with E-state index in [4.69, 9.17) is 4.74 Å². The summed E-state index contributed by atoms with van der Waals surface area (Å²) >= 11 is 0. The molecule has 132 valence electrons. The fraction of sp³-hybridized carbons (Fsp3) is 0.0833. The summed E-state index contributed by atoms with van der Waals surface area (Å²) in [7, 11) is 0. The van der Waals surface area contributed by atoms with E-state index in [9.17, 15) is 4.39 Å². The van der Waals surface area contributed by atoms with Gasteiger partial charge in [0.25, 0.3) is 0 Å². The number of ether oxygens (including phenoxy) is 1. The van der Waals surface area contributed by atoms with Gasteiger partial charge in [-0.25, -0.2) is 4.39 Å². The highest BCUT2D eigenvalue weighted by Crippen LogP contribution is 2.42. The third kappa shape index (κ3) is 2.86. The molecule has 0 spiro atoms. The number of halogens is 1. The summed E-state index contributed by atoms with van der Waals surface area (Å²) in [5.41, 5.74) is 3.16. The lowest BCUT2D eigenvalue weighted by Gasteiger charge is -2.35. The molecule has 1 aliphatic rings. The van der Waals surface area contributed by atoms with Crippen LogP contribution in [0, 0.1) is 5.82 Å². The van der Waals surface area contributed by atoms with Crippen molar-refractivity contribution in [2.24, 2.45) is 0 Å². The average Bonchev–Trinajstić information content (AvgIpc) is 2.74. The Bertz CT molecular complexity index is 1090. The minimum atomic E-state index is -0.269. The zero-order chi connectivity index (χ0) is 18.2. The van der Waals surface area contributed by atoms with Gasteiger partial charge in [-0.05, 0) is 34.5 Å². The lowest BCUT2D eigenvalue weighted by molar-refractivity contribution is 0.134. The predicted octanol–water partition coefficient (Wildman–Crippen LogP) is 5.75. The first-order valence-corrected chi connectivity index (χ1v) is 9.04. The van der Waals surface area contributed by atoms with Crippen molar-refractivity contribution in [3.8, 4) is 5.75 Å². The molecule has 2 atom stereocenters. The molecule has 0 amide bonds. The third-order valence-electron chi connectivity index (χ3n) is 5.09. The second kappa shape index (κ2) is 6.53. The van der Waals surface area contributed by atoms with E-state index in [0.717, 1.165) is 33.2 Å². The Hall–Kier alpha value is -3.17. The molecule has 0 aliphatic carbocycles. The van der Waals surface area contributed by atoms with Gasteiger partial charge >= 0.3 is 0 Å². The minimum Gasteiger partial charge on any atom is -0.471 e. The maximum atomic E-state index is 13.5. The van der Waals surface area contributed by atoms with Gasteiger partial charge in [0, 0.05) is 11.1 Å². The number of benzene rings is 4.